The molecule has 0 spiro atoms. The summed E-state index contributed by atoms with van der Waals surface area (Å²) in [5.41, 5.74) is 1.53. The molecule has 1 saturated heterocycles. The third kappa shape index (κ3) is 4.40. The van der Waals surface area contributed by atoms with Crippen LogP contribution in [-0.2, 0) is 4.79 Å². The molecule has 100 valence electrons. The van der Waals surface area contributed by atoms with Crippen molar-refractivity contribution in [2.75, 3.05) is 38.0 Å². The second-order valence-electron chi connectivity index (χ2n) is 4.65. The number of terminal acetylenes is 1. The molecule has 4 heteroatoms. The predicted octanol–water partition coefficient (Wildman–Crippen LogP) is 0.902. The number of carbonyl (C=O) groups excluding carboxylic acids is 1. The summed E-state index contributed by atoms with van der Waals surface area (Å²) < 4.78 is 0. The van der Waals surface area contributed by atoms with Crippen molar-refractivity contribution in [2.24, 2.45) is 0 Å². The van der Waals surface area contributed by atoms with Crippen LogP contribution in [0.1, 0.15) is 12.0 Å². The number of amides is 1. The fourth-order valence-corrected chi connectivity index (χ4v) is 2.15. The summed E-state index contributed by atoms with van der Waals surface area (Å²) in [5.74, 6) is 2.57. The van der Waals surface area contributed by atoms with Crippen molar-refractivity contribution in [3.05, 3.63) is 29.8 Å². The van der Waals surface area contributed by atoms with Crippen LogP contribution in [0, 0.1) is 12.3 Å². The summed E-state index contributed by atoms with van der Waals surface area (Å²) in [6, 6.07) is 7.35. The van der Waals surface area contributed by atoms with Gasteiger partial charge in [0, 0.05) is 24.3 Å². The van der Waals surface area contributed by atoms with Crippen LogP contribution in [0.25, 0.3) is 0 Å². The molecule has 4 nitrogen and oxygen atoms in total. The van der Waals surface area contributed by atoms with Crippen LogP contribution >= 0.6 is 0 Å². The van der Waals surface area contributed by atoms with E-state index in [0.29, 0.717) is 6.54 Å². The zero-order valence-electron chi connectivity index (χ0n) is 11.0. The van der Waals surface area contributed by atoms with Gasteiger partial charge in [0.15, 0.2) is 0 Å². The lowest BCUT2D eigenvalue weighted by Gasteiger charge is -2.18. The Bertz CT molecular complexity index is 471. The van der Waals surface area contributed by atoms with Gasteiger partial charge in [0.25, 0.3) is 0 Å². The molecule has 1 aliphatic heterocycles. The van der Waals surface area contributed by atoms with Gasteiger partial charge < -0.3 is 10.6 Å². The molecule has 0 unspecified atom stereocenters. The monoisotopic (exact) mass is 257 g/mol. The van der Waals surface area contributed by atoms with Crippen molar-refractivity contribution < 1.29 is 4.79 Å². The van der Waals surface area contributed by atoms with E-state index >= 15 is 0 Å². The number of benzene rings is 1. The topological polar surface area (TPSA) is 44.4 Å². The van der Waals surface area contributed by atoms with Gasteiger partial charge in [-0.15, -0.1) is 6.42 Å². The summed E-state index contributed by atoms with van der Waals surface area (Å²) in [6.07, 6.45) is 6.42. The van der Waals surface area contributed by atoms with Gasteiger partial charge in [-0.05, 0) is 37.7 Å². The number of hydrogen-bond acceptors (Lipinski definition) is 3. The number of nitrogens with one attached hydrogen (secondary N) is 2. The van der Waals surface area contributed by atoms with Crippen molar-refractivity contribution in [1.29, 1.82) is 0 Å². The molecule has 0 atom stereocenters. The number of hydrogen-bond donors (Lipinski definition) is 2. The predicted molar refractivity (Wildman–Crippen MR) is 76.9 cm³/mol. The van der Waals surface area contributed by atoms with Crippen molar-refractivity contribution in [1.82, 2.24) is 10.2 Å². The summed E-state index contributed by atoms with van der Waals surface area (Å²) in [7, 11) is 0. The zero-order valence-corrected chi connectivity index (χ0v) is 11.0. The van der Waals surface area contributed by atoms with Crippen LogP contribution < -0.4 is 10.6 Å². The Morgan fingerprint density at radius 3 is 3.16 bits per heavy atom. The quantitative estimate of drug-likeness (QED) is 0.791. The molecule has 1 fully saturated rings. The first kappa shape index (κ1) is 13.6. The average molecular weight is 257 g/mol. The van der Waals surface area contributed by atoms with Gasteiger partial charge >= 0.3 is 0 Å². The molecule has 1 amide bonds. The molecule has 0 bridgehead atoms. The first-order valence-electron chi connectivity index (χ1n) is 6.57. The van der Waals surface area contributed by atoms with E-state index in [1.165, 1.54) is 0 Å². The molecule has 1 aromatic carbocycles. The molecular formula is C15H19N3O. The van der Waals surface area contributed by atoms with Gasteiger partial charge in [-0.1, -0.05) is 12.0 Å². The molecule has 2 rings (SSSR count). The van der Waals surface area contributed by atoms with Crippen LogP contribution in [0.4, 0.5) is 5.69 Å². The van der Waals surface area contributed by atoms with E-state index < -0.39 is 0 Å². The number of anilines is 1. The third-order valence-corrected chi connectivity index (χ3v) is 3.11. The Labute approximate surface area is 114 Å². The van der Waals surface area contributed by atoms with Gasteiger partial charge in [-0.25, -0.2) is 0 Å². The highest BCUT2D eigenvalue weighted by Crippen LogP contribution is 2.09. The van der Waals surface area contributed by atoms with Crippen LogP contribution in [-0.4, -0.2) is 43.5 Å². The summed E-state index contributed by atoms with van der Waals surface area (Å²) >= 11 is 0. The van der Waals surface area contributed by atoms with E-state index in [1.807, 2.05) is 24.3 Å². The maximum atomic E-state index is 12.0. The molecule has 0 radical (unpaired) electrons. The lowest BCUT2D eigenvalue weighted by molar-refractivity contribution is -0.117. The van der Waals surface area contributed by atoms with Crippen LogP contribution in [0.5, 0.6) is 0 Å². The zero-order chi connectivity index (χ0) is 13.5. The maximum absolute atomic E-state index is 12.0. The highest BCUT2D eigenvalue weighted by Gasteiger charge is 2.12. The second-order valence-corrected chi connectivity index (χ2v) is 4.65. The number of rotatable bonds is 3. The lowest BCUT2D eigenvalue weighted by atomic mass is 10.2. The minimum Gasteiger partial charge on any atom is -0.325 e. The first-order chi connectivity index (χ1) is 9.28. The van der Waals surface area contributed by atoms with Crippen molar-refractivity contribution in [3.8, 4) is 12.3 Å². The van der Waals surface area contributed by atoms with Crippen molar-refractivity contribution >= 4 is 11.6 Å². The molecule has 1 aliphatic rings. The minimum absolute atomic E-state index is 0.0103. The first-order valence-corrected chi connectivity index (χ1v) is 6.57. The SMILES string of the molecule is C#Cc1cccc(NC(=O)CN2CCCNCC2)c1. The fraction of sp³-hybridized carbons (Fsp3) is 0.400. The van der Waals surface area contributed by atoms with Gasteiger partial charge in [0.2, 0.25) is 5.91 Å². The number of nitrogens with zero attached hydrogens (tertiary/aromatic N) is 1. The smallest absolute Gasteiger partial charge is 0.238 e. The van der Waals surface area contributed by atoms with Crippen molar-refractivity contribution in [2.45, 2.75) is 6.42 Å². The standard InChI is InChI=1S/C15H19N3O/c1-2-13-5-3-6-14(11-13)17-15(19)12-18-9-4-7-16-8-10-18/h1,3,5-6,11,16H,4,7-10,12H2,(H,17,19). The Morgan fingerprint density at radius 1 is 1.42 bits per heavy atom. The summed E-state index contributed by atoms with van der Waals surface area (Å²) in [6.45, 7) is 4.28. The molecule has 1 aromatic rings. The largest absolute Gasteiger partial charge is 0.325 e. The van der Waals surface area contributed by atoms with Gasteiger partial charge in [0.1, 0.15) is 0 Å². The summed E-state index contributed by atoms with van der Waals surface area (Å²) in [4.78, 5) is 14.1. The lowest BCUT2D eigenvalue weighted by Crippen LogP contribution is -2.35. The molecule has 2 N–H and O–H groups in total. The van der Waals surface area contributed by atoms with Gasteiger partial charge in [-0.3, -0.25) is 9.69 Å². The Kier molecular flexibility index (Phi) is 4.96. The van der Waals surface area contributed by atoms with E-state index in [9.17, 15) is 4.79 Å². The highest BCUT2D eigenvalue weighted by atomic mass is 16.2. The van der Waals surface area contributed by atoms with Crippen LogP contribution in [0.2, 0.25) is 0 Å². The van der Waals surface area contributed by atoms with E-state index in [4.69, 9.17) is 6.42 Å². The van der Waals surface area contributed by atoms with E-state index in [-0.39, 0.29) is 5.91 Å². The fourth-order valence-electron chi connectivity index (χ4n) is 2.15. The molecule has 0 saturated carbocycles. The van der Waals surface area contributed by atoms with E-state index in [2.05, 4.69) is 21.5 Å². The van der Waals surface area contributed by atoms with Crippen LogP contribution in [0.15, 0.2) is 24.3 Å². The minimum atomic E-state index is 0.0103. The Morgan fingerprint density at radius 2 is 2.32 bits per heavy atom. The Balaban J connectivity index is 1.88. The molecular weight excluding hydrogens is 238 g/mol. The second kappa shape index (κ2) is 6.93. The van der Waals surface area contributed by atoms with Gasteiger partial charge in [0.05, 0.1) is 6.54 Å². The highest BCUT2D eigenvalue weighted by molar-refractivity contribution is 5.92. The molecule has 0 aliphatic carbocycles. The number of carbonyl (C=O) groups is 1. The van der Waals surface area contributed by atoms with Crippen LogP contribution in [0.3, 0.4) is 0 Å². The Hall–Kier alpha value is -1.83. The average Bonchev–Trinajstić information content (AvgIpc) is 2.67. The third-order valence-electron chi connectivity index (χ3n) is 3.11. The molecule has 19 heavy (non-hydrogen) atoms. The summed E-state index contributed by atoms with van der Waals surface area (Å²) in [5, 5.41) is 6.21. The van der Waals surface area contributed by atoms with E-state index in [0.717, 1.165) is 43.9 Å². The normalized spacial score (nSPS) is 16.4. The van der Waals surface area contributed by atoms with Gasteiger partial charge in [-0.2, -0.15) is 0 Å². The molecule has 1 heterocycles. The molecule has 0 aromatic heterocycles. The van der Waals surface area contributed by atoms with Crippen molar-refractivity contribution in [3.63, 3.8) is 0 Å². The maximum Gasteiger partial charge on any atom is 0.238 e. The van der Waals surface area contributed by atoms with E-state index in [1.54, 1.807) is 0 Å².